The van der Waals surface area contributed by atoms with Gasteiger partial charge in [-0.15, -0.1) is 0 Å². The van der Waals surface area contributed by atoms with E-state index in [0.717, 1.165) is 11.0 Å². The third-order valence-electron chi connectivity index (χ3n) is 2.32. The van der Waals surface area contributed by atoms with E-state index in [0.29, 0.717) is 11.4 Å². The second-order valence-corrected chi connectivity index (χ2v) is 4.05. The molecule has 0 saturated heterocycles. The van der Waals surface area contributed by atoms with Gasteiger partial charge in [0.25, 0.3) is 0 Å². The van der Waals surface area contributed by atoms with Gasteiger partial charge in [0.2, 0.25) is 0 Å². The topological polar surface area (TPSA) is 66.2 Å². The van der Waals surface area contributed by atoms with Gasteiger partial charge in [0.05, 0.1) is 33.9 Å². The molecule has 0 unspecified atom stereocenters. The fourth-order valence-electron chi connectivity index (χ4n) is 1.64. The van der Waals surface area contributed by atoms with Gasteiger partial charge >= 0.3 is 0 Å². The molecule has 0 amide bonds. The summed E-state index contributed by atoms with van der Waals surface area (Å²) >= 11 is 0. The molecule has 2 aromatic rings. The Morgan fingerprint density at radius 1 is 0.889 bits per heavy atom. The van der Waals surface area contributed by atoms with Crippen LogP contribution in [0.1, 0.15) is 25.2 Å². The largest absolute Gasteiger partial charge is 0.513 e. The van der Waals surface area contributed by atoms with Crippen molar-refractivity contribution in [2.24, 2.45) is 0 Å². The lowest BCUT2D eigenvalue weighted by Crippen LogP contribution is -1.95. The summed E-state index contributed by atoms with van der Waals surface area (Å²) in [4.78, 5) is 8.83. The van der Waals surface area contributed by atoms with E-state index in [-0.39, 0.29) is 11.5 Å². The predicted molar refractivity (Wildman–Crippen MR) is 72.1 cm³/mol. The molecule has 0 saturated carbocycles. The highest BCUT2D eigenvalue weighted by atomic mass is 16.3. The van der Waals surface area contributed by atoms with E-state index < -0.39 is 0 Å². The van der Waals surface area contributed by atoms with Gasteiger partial charge in [-0.25, -0.2) is 9.97 Å². The van der Waals surface area contributed by atoms with Crippen LogP contribution in [0.5, 0.6) is 0 Å². The standard InChI is InChI=1S/C14H14N2O2/c1-9(17)7-13-14(8-10(2)18)16-12-6-4-3-5-11(12)15-13/h3-8,17-18H,1-2H3/b9-7+,10-8+. The number of rotatable bonds is 2. The first-order valence-electron chi connectivity index (χ1n) is 5.57. The summed E-state index contributed by atoms with van der Waals surface area (Å²) in [5, 5.41) is 18.7. The van der Waals surface area contributed by atoms with Crippen molar-refractivity contribution in [3.05, 3.63) is 47.2 Å². The summed E-state index contributed by atoms with van der Waals surface area (Å²) < 4.78 is 0. The van der Waals surface area contributed by atoms with Crippen LogP contribution in [0.2, 0.25) is 0 Å². The monoisotopic (exact) mass is 242 g/mol. The molecule has 4 heteroatoms. The Balaban J connectivity index is 2.71. The molecule has 1 heterocycles. The highest BCUT2D eigenvalue weighted by Crippen LogP contribution is 2.17. The minimum absolute atomic E-state index is 0.143. The predicted octanol–water partition coefficient (Wildman–Crippen LogP) is 3.47. The maximum Gasteiger partial charge on any atom is 0.0929 e. The molecule has 0 aliphatic carbocycles. The Bertz CT molecular complexity index is 581. The van der Waals surface area contributed by atoms with Crippen LogP contribution >= 0.6 is 0 Å². The van der Waals surface area contributed by atoms with Crippen LogP contribution < -0.4 is 0 Å². The summed E-state index contributed by atoms with van der Waals surface area (Å²) in [6, 6.07) is 7.46. The lowest BCUT2D eigenvalue weighted by Gasteiger charge is -2.04. The van der Waals surface area contributed by atoms with Crippen molar-refractivity contribution in [3.63, 3.8) is 0 Å². The molecule has 0 aliphatic heterocycles. The Morgan fingerprint density at radius 2 is 1.28 bits per heavy atom. The molecular weight excluding hydrogens is 228 g/mol. The van der Waals surface area contributed by atoms with E-state index in [2.05, 4.69) is 9.97 Å². The number of aliphatic hydroxyl groups excluding tert-OH is 2. The van der Waals surface area contributed by atoms with Crippen LogP contribution in [0, 0.1) is 0 Å². The van der Waals surface area contributed by atoms with Gasteiger partial charge in [0.1, 0.15) is 0 Å². The van der Waals surface area contributed by atoms with E-state index in [9.17, 15) is 10.2 Å². The van der Waals surface area contributed by atoms with E-state index in [4.69, 9.17) is 0 Å². The molecule has 0 spiro atoms. The first-order chi connectivity index (χ1) is 8.56. The molecule has 0 fully saturated rings. The molecular formula is C14H14N2O2. The van der Waals surface area contributed by atoms with E-state index in [1.165, 1.54) is 12.2 Å². The van der Waals surface area contributed by atoms with Crippen molar-refractivity contribution in [2.75, 3.05) is 0 Å². The maximum atomic E-state index is 9.35. The minimum Gasteiger partial charge on any atom is -0.513 e. The number of hydrogen-bond donors (Lipinski definition) is 2. The highest BCUT2D eigenvalue weighted by molar-refractivity contribution is 5.78. The molecule has 2 N–H and O–H groups in total. The molecule has 18 heavy (non-hydrogen) atoms. The maximum absolute atomic E-state index is 9.35. The zero-order chi connectivity index (χ0) is 13.1. The molecule has 1 aromatic heterocycles. The van der Waals surface area contributed by atoms with Crippen LogP contribution in [0.25, 0.3) is 23.2 Å². The highest BCUT2D eigenvalue weighted by Gasteiger charge is 2.05. The number of benzene rings is 1. The molecule has 0 aliphatic rings. The lowest BCUT2D eigenvalue weighted by atomic mass is 10.2. The molecule has 0 atom stereocenters. The molecule has 92 valence electrons. The Kier molecular flexibility index (Phi) is 3.28. The van der Waals surface area contributed by atoms with E-state index >= 15 is 0 Å². The van der Waals surface area contributed by atoms with Gasteiger partial charge in [-0.2, -0.15) is 0 Å². The molecule has 4 nitrogen and oxygen atoms in total. The van der Waals surface area contributed by atoms with Gasteiger partial charge in [-0.3, -0.25) is 0 Å². The zero-order valence-corrected chi connectivity index (χ0v) is 10.3. The third-order valence-corrected chi connectivity index (χ3v) is 2.32. The number of aromatic nitrogens is 2. The number of hydrogen-bond acceptors (Lipinski definition) is 4. The van der Waals surface area contributed by atoms with Crippen molar-refractivity contribution in [3.8, 4) is 0 Å². The normalized spacial score (nSPS) is 13.0. The summed E-state index contributed by atoms with van der Waals surface area (Å²) in [5.74, 6) is 0.287. The summed E-state index contributed by atoms with van der Waals surface area (Å²) in [5.41, 5.74) is 2.56. The van der Waals surface area contributed by atoms with E-state index in [1.807, 2.05) is 24.3 Å². The van der Waals surface area contributed by atoms with Crippen LogP contribution in [0.3, 0.4) is 0 Å². The van der Waals surface area contributed by atoms with Crippen LogP contribution in [0.15, 0.2) is 35.8 Å². The Hall–Kier alpha value is -2.36. The Morgan fingerprint density at radius 3 is 1.61 bits per heavy atom. The second kappa shape index (κ2) is 4.87. The molecule has 1 aromatic carbocycles. The van der Waals surface area contributed by atoms with Crippen molar-refractivity contribution in [1.82, 2.24) is 9.97 Å². The number of fused-ring (bicyclic) bond motifs is 1. The van der Waals surface area contributed by atoms with Gasteiger partial charge in [0, 0.05) is 12.2 Å². The lowest BCUT2D eigenvalue weighted by molar-refractivity contribution is 0.418. The second-order valence-electron chi connectivity index (χ2n) is 4.05. The number of aliphatic hydroxyl groups is 2. The number of allylic oxidation sites excluding steroid dienone is 2. The average molecular weight is 242 g/mol. The molecule has 0 radical (unpaired) electrons. The van der Waals surface area contributed by atoms with Crippen LogP contribution in [-0.2, 0) is 0 Å². The quantitative estimate of drug-likeness (QED) is 0.791. The fraction of sp³-hybridized carbons (Fsp3) is 0.143. The number of para-hydroxylation sites is 2. The summed E-state index contributed by atoms with van der Waals surface area (Å²) in [6.45, 7) is 3.13. The van der Waals surface area contributed by atoms with Gasteiger partial charge in [-0.1, -0.05) is 12.1 Å². The fourth-order valence-corrected chi connectivity index (χ4v) is 1.64. The van der Waals surface area contributed by atoms with E-state index in [1.54, 1.807) is 13.8 Å². The van der Waals surface area contributed by atoms with Crippen molar-refractivity contribution in [2.45, 2.75) is 13.8 Å². The summed E-state index contributed by atoms with van der Waals surface area (Å²) in [7, 11) is 0. The zero-order valence-electron chi connectivity index (χ0n) is 10.3. The Labute approximate surface area is 105 Å². The van der Waals surface area contributed by atoms with Gasteiger partial charge in [0.15, 0.2) is 0 Å². The van der Waals surface area contributed by atoms with Crippen molar-refractivity contribution >= 4 is 23.2 Å². The molecule has 0 bridgehead atoms. The number of nitrogens with zero attached hydrogens (tertiary/aromatic N) is 2. The SMILES string of the molecule is C/C(O)=C\c1nc2ccccc2nc1/C=C(\C)O. The van der Waals surface area contributed by atoms with Crippen LogP contribution in [0.4, 0.5) is 0 Å². The third kappa shape index (κ3) is 2.66. The smallest absolute Gasteiger partial charge is 0.0929 e. The summed E-state index contributed by atoms with van der Waals surface area (Å²) in [6.07, 6.45) is 3.04. The average Bonchev–Trinajstić information content (AvgIpc) is 2.28. The van der Waals surface area contributed by atoms with Crippen molar-refractivity contribution < 1.29 is 10.2 Å². The van der Waals surface area contributed by atoms with Crippen molar-refractivity contribution in [1.29, 1.82) is 0 Å². The van der Waals surface area contributed by atoms with Crippen LogP contribution in [-0.4, -0.2) is 20.2 Å². The first kappa shape index (κ1) is 12.1. The van der Waals surface area contributed by atoms with Gasteiger partial charge in [-0.05, 0) is 26.0 Å². The minimum atomic E-state index is 0.143. The first-order valence-corrected chi connectivity index (χ1v) is 5.57. The molecule has 2 rings (SSSR count). The van der Waals surface area contributed by atoms with Gasteiger partial charge < -0.3 is 10.2 Å².